The van der Waals surface area contributed by atoms with Crippen LogP contribution in [0.1, 0.15) is 19.8 Å². The summed E-state index contributed by atoms with van der Waals surface area (Å²) in [7, 11) is 0. The summed E-state index contributed by atoms with van der Waals surface area (Å²) in [4.78, 5) is 10.9. The van der Waals surface area contributed by atoms with Crippen LogP contribution in [0, 0.1) is 0 Å². The van der Waals surface area contributed by atoms with Gasteiger partial charge in [0.25, 0.3) is 0 Å². The fourth-order valence-corrected chi connectivity index (χ4v) is 1.27. The van der Waals surface area contributed by atoms with Crippen LogP contribution in [-0.4, -0.2) is 18.3 Å². The topological polar surface area (TPSA) is 41.1 Å². The molecule has 0 heterocycles. The average molecular weight is 188 g/mol. The normalized spacial score (nSPS) is 9.08. The third-order valence-electron chi connectivity index (χ3n) is 1.17. The van der Waals surface area contributed by atoms with Gasteiger partial charge in [0.05, 0.1) is 0 Å². The van der Waals surface area contributed by atoms with Crippen molar-refractivity contribution in [3.05, 3.63) is 12.7 Å². The summed E-state index contributed by atoms with van der Waals surface area (Å²) in [6.45, 7) is 6.13. The lowest BCUT2D eigenvalue weighted by Crippen LogP contribution is -2.31. The number of hydrogen-bond donors (Lipinski definition) is 2. The number of amides is 2. The van der Waals surface area contributed by atoms with Crippen molar-refractivity contribution in [1.29, 1.82) is 0 Å². The zero-order valence-corrected chi connectivity index (χ0v) is 8.25. The van der Waals surface area contributed by atoms with Gasteiger partial charge >= 0.3 is 6.03 Å². The zero-order valence-electron chi connectivity index (χ0n) is 7.43. The van der Waals surface area contributed by atoms with Crippen LogP contribution in [0.25, 0.3) is 0 Å². The van der Waals surface area contributed by atoms with E-state index in [0.29, 0.717) is 6.54 Å². The molecule has 0 aromatic rings. The first-order valence-corrected chi connectivity index (χ1v) is 5.06. The van der Waals surface area contributed by atoms with Crippen LogP contribution in [0.4, 0.5) is 4.79 Å². The van der Waals surface area contributed by atoms with Crippen LogP contribution in [0.2, 0.25) is 0 Å². The number of hydrogen-bond acceptors (Lipinski definition) is 2. The second-order valence-corrected chi connectivity index (χ2v) is 3.20. The lowest BCUT2D eigenvalue weighted by molar-refractivity contribution is 0.247. The van der Waals surface area contributed by atoms with E-state index in [1.165, 1.54) is 11.9 Å². The molecule has 0 rings (SSSR count). The van der Waals surface area contributed by atoms with E-state index in [1.54, 1.807) is 6.08 Å². The van der Waals surface area contributed by atoms with Gasteiger partial charge in [-0.1, -0.05) is 19.4 Å². The molecular formula is C8H16N2OS. The Labute approximate surface area is 78.1 Å². The molecule has 0 radical (unpaired) electrons. The second-order valence-electron chi connectivity index (χ2n) is 2.30. The molecule has 0 bridgehead atoms. The van der Waals surface area contributed by atoms with Crippen LogP contribution < -0.4 is 10.0 Å². The van der Waals surface area contributed by atoms with Gasteiger partial charge in [0.15, 0.2) is 0 Å². The molecule has 0 aliphatic rings. The lowest BCUT2D eigenvalue weighted by Gasteiger charge is -2.03. The predicted molar refractivity (Wildman–Crippen MR) is 54.1 cm³/mol. The van der Waals surface area contributed by atoms with Gasteiger partial charge in [0, 0.05) is 12.3 Å². The number of urea groups is 1. The maximum absolute atomic E-state index is 10.9. The highest BCUT2D eigenvalue weighted by Crippen LogP contribution is 1.98. The van der Waals surface area contributed by atoms with Gasteiger partial charge in [-0.25, -0.2) is 4.79 Å². The SMILES string of the molecule is C=CCNC(=O)NSCCCC. The fraction of sp³-hybridized carbons (Fsp3) is 0.625. The highest BCUT2D eigenvalue weighted by Gasteiger charge is 1.95. The third-order valence-corrected chi connectivity index (χ3v) is 1.99. The number of rotatable bonds is 6. The summed E-state index contributed by atoms with van der Waals surface area (Å²) in [5.74, 6) is 0.970. The molecule has 4 heteroatoms. The number of carbonyl (C=O) groups excluding carboxylic acids is 1. The molecule has 0 spiro atoms. The van der Waals surface area contributed by atoms with Gasteiger partial charge < -0.3 is 5.32 Å². The quantitative estimate of drug-likeness (QED) is 0.380. The van der Waals surface area contributed by atoms with Gasteiger partial charge in [-0.05, 0) is 18.4 Å². The minimum absolute atomic E-state index is 0.143. The van der Waals surface area contributed by atoms with Crippen LogP contribution >= 0.6 is 11.9 Å². The van der Waals surface area contributed by atoms with Crippen molar-refractivity contribution in [1.82, 2.24) is 10.0 Å². The molecule has 2 amide bonds. The third kappa shape index (κ3) is 7.47. The van der Waals surface area contributed by atoms with Crippen molar-refractivity contribution < 1.29 is 4.79 Å². The van der Waals surface area contributed by atoms with Crippen LogP contribution in [0.15, 0.2) is 12.7 Å². The zero-order chi connectivity index (χ0) is 9.23. The largest absolute Gasteiger partial charge is 0.334 e. The van der Waals surface area contributed by atoms with E-state index in [9.17, 15) is 4.79 Å². The van der Waals surface area contributed by atoms with E-state index in [1.807, 2.05) is 0 Å². The highest BCUT2D eigenvalue weighted by atomic mass is 32.2. The van der Waals surface area contributed by atoms with Crippen molar-refractivity contribution >= 4 is 18.0 Å². The minimum atomic E-state index is -0.143. The fourth-order valence-electron chi connectivity index (χ4n) is 0.534. The summed E-state index contributed by atoms with van der Waals surface area (Å²) >= 11 is 1.44. The molecule has 0 fully saturated rings. The Morgan fingerprint density at radius 2 is 2.42 bits per heavy atom. The Balaban J connectivity index is 3.13. The summed E-state index contributed by atoms with van der Waals surface area (Å²) in [5.41, 5.74) is 0. The van der Waals surface area contributed by atoms with Crippen LogP contribution in [-0.2, 0) is 0 Å². The van der Waals surface area contributed by atoms with E-state index < -0.39 is 0 Å². The first-order chi connectivity index (χ1) is 5.81. The Hall–Kier alpha value is -0.640. The van der Waals surface area contributed by atoms with Gasteiger partial charge in [0.2, 0.25) is 0 Å². The van der Waals surface area contributed by atoms with Crippen molar-refractivity contribution in [3.63, 3.8) is 0 Å². The summed E-state index contributed by atoms with van der Waals surface area (Å²) < 4.78 is 2.67. The Morgan fingerprint density at radius 3 is 3.00 bits per heavy atom. The molecule has 0 saturated heterocycles. The summed E-state index contributed by atoms with van der Waals surface area (Å²) in [6, 6.07) is -0.143. The van der Waals surface area contributed by atoms with Crippen molar-refractivity contribution in [2.24, 2.45) is 0 Å². The van der Waals surface area contributed by atoms with Gasteiger partial charge in [-0.2, -0.15) is 0 Å². The molecule has 0 atom stereocenters. The predicted octanol–water partition coefficient (Wildman–Crippen LogP) is 1.92. The van der Waals surface area contributed by atoms with Crippen molar-refractivity contribution in [3.8, 4) is 0 Å². The molecule has 2 N–H and O–H groups in total. The Bertz CT molecular complexity index is 139. The molecule has 12 heavy (non-hydrogen) atoms. The molecule has 0 aromatic carbocycles. The van der Waals surface area contributed by atoms with E-state index >= 15 is 0 Å². The molecule has 0 aromatic heterocycles. The van der Waals surface area contributed by atoms with Crippen LogP contribution in [0.5, 0.6) is 0 Å². The Kier molecular flexibility index (Phi) is 8.01. The van der Waals surface area contributed by atoms with E-state index in [4.69, 9.17) is 0 Å². The number of unbranched alkanes of at least 4 members (excludes halogenated alkanes) is 1. The number of nitrogens with one attached hydrogen (secondary N) is 2. The molecule has 0 aliphatic heterocycles. The molecule has 0 unspecified atom stereocenters. The van der Waals surface area contributed by atoms with Crippen molar-refractivity contribution in [2.45, 2.75) is 19.8 Å². The molecule has 0 aliphatic carbocycles. The van der Waals surface area contributed by atoms with Crippen molar-refractivity contribution in [2.75, 3.05) is 12.3 Å². The molecule has 70 valence electrons. The van der Waals surface area contributed by atoms with Gasteiger partial charge in [-0.15, -0.1) is 6.58 Å². The van der Waals surface area contributed by atoms with E-state index in [0.717, 1.165) is 18.6 Å². The molecule has 0 saturated carbocycles. The van der Waals surface area contributed by atoms with Crippen LogP contribution in [0.3, 0.4) is 0 Å². The average Bonchev–Trinajstić information content (AvgIpc) is 2.09. The van der Waals surface area contributed by atoms with Gasteiger partial charge in [0.1, 0.15) is 0 Å². The van der Waals surface area contributed by atoms with E-state index in [-0.39, 0.29) is 6.03 Å². The smallest absolute Gasteiger partial charge is 0.325 e. The monoisotopic (exact) mass is 188 g/mol. The highest BCUT2D eigenvalue weighted by molar-refractivity contribution is 7.97. The summed E-state index contributed by atoms with van der Waals surface area (Å²) in [5, 5.41) is 2.62. The minimum Gasteiger partial charge on any atom is -0.334 e. The maximum Gasteiger partial charge on any atom is 0.325 e. The standard InChI is InChI=1S/C8H16N2OS/c1-3-5-7-12-10-8(11)9-6-4-2/h4H,2-3,5-7H2,1H3,(H2,9,10,11). The number of carbonyl (C=O) groups is 1. The molecular weight excluding hydrogens is 172 g/mol. The van der Waals surface area contributed by atoms with E-state index in [2.05, 4.69) is 23.5 Å². The first kappa shape index (κ1) is 11.4. The van der Waals surface area contributed by atoms with Gasteiger partial charge in [-0.3, -0.25) is 4.72 Å². The Morgan fingerprint density at radius 1 is 1.67 bits per heavy atom. The second kappa shape index (κ2) is 8.46. The maximum atomic E-state index is 10.9. The molecule has 3 nitrogen and oxygen atoms in total. The first-order valence-electron chi connectivity index (χ1n) is 4.07. The summed E-state index contributed by atoms with van der Waals surface area (Å²) in [6.07, 6.45) is 3.94. The lowest BCUT2D eigenvalue weighted by atomic mass is 10.4.